The highest BCUT2D eigenvalue weighted by Crippen LogP contribution is 2.31. The molecule has 1 aromatic rings. The summed E-state index contributed by atoms with van der Waals surface area (Å²) in [6, 6.07) is 2.90. The van der Waals surface area contributed by atoms with Crippen LogP contribution in [0.25, 0.3) is 0 Å². The highest BCUT2D eigenvalue weighted by Gasteiger charge is 2.25. The Hall–Kier alpha value is -1.58. The van der Waals surface area contributed by atoms with Gasteiger partial charge in [0.05, 0.1) is 11.7 Å². The van der Waals surface area contributed by atoms with E-state index in [4.69, 9.17) is 4.74 Å². The van der Waals surface area contributed by atoms with Crippen molar-refractivity contribution in [2.24, 2.45) is 0 Å². The minimum Gasteiger partial charge on any atom is -0.490 e. The maximum atomic E-state index is 13.7. The van der Waals surface area contributed by atoms with Gasteiger partial charge in [-0.2, -0.15) is 0 Å². The first-order chi connectivity index (χ1) is 9.57. The van der Waals surface area contributed by atoms with Crippen molar-refractivity contribution >= 4 is 5.91 Å². The van der Waals surface area contributed by atoms with Gasteiger partial charge in [0.25, 0.3) is 5.91 Å². The summed E-state index contributed by atoms with van der Waals surface area (Å²) in [4.78, 5) is 11.5. The number of aryl methyl sites for hydroxylation is 1. The van der Waals surface area contributed by atoms with Crippen LogP contribution in [0.3, 0.4) is 0 Å². The minimum atomic E-state index is -0.530. The highest BCUT2D eigenvalue weighted by molar-refractivity contribution is 5.94. The number of benzene rings is 1. The molecule has 4 heteroatoms. The largest absolute Gasteiger partial charge is 0.490 e. The molecule has 0 atom stereocenters. The molecule has 0 heterocycles. The summed E-state index contributed by atoms with van der Waals surface area (Å²) >= 11 is 0. The van der Waals surface area contributed by atoms with E-state index in [9.17, 15) is 9.18 Å². The van der Waals surface area contributed by atoms with E-state index in [0.717, 1.165) is 18.4 Å². The molecule has 0 unspecified atom stereocenters. The molecule has 0 radical (unpaired) electrons. The van der Waals surface area contributed by atoms with Crippen molar-refractivity contribution in [2.45, 2.75) is 52.6 Å². The standard InChI is InChI=1S/C13H16FNO2.C3H8/c1-3-8-6-10(13(16)15-2)11(14)7-12(8)17-9-4-5-9;1-3-2/h6-7,9H,3-5H2,1-2H3,(H,15,16);3H2,1-2H3. The second-order valence-corrected chi connectivity index (χ2v) is 4.90. The summed E-state index contributed by atoms with van der Waals surface area (Å²) in [5.74, 6) is -0.368. The molecule has 1 amide bonds. The molecular weight excluding hydrogens is 257 g/mol. The fourth-order valence-corrected chi connectivity index (χ4v) is 1.66. The molecule has 1 saturated carbocycles. The van der Waals surface area contributed by atoms with E-state index in [-0.39, 0.29) is 11.7 Å². The predicted octanol–water partition coefficient (Wildman–Crippen LogP) is 3.71. The Labute approximate surface area is 120 Å². The van der Waals surface area contributed by atoms with Crippen LogP contribution < -0.4 is 10.1 Å². The molecule has 1 N–H and O–H groups in total. The molecule has 0 bridgehead atoms. The van der Waals surface area contributed by atoms with E-state index in [0.29, 0.717) is 12.2 Å². The topological polar surface area (TPSA) is 38.3 Å². The summed E-state index contributed by atoms with van der Waals surface area (Å²) in [7, 11) is 1.49. The van der Waals surface area contributed by atoms with Crippen LogP contribution in [-0.2, 0) is 6.42 Å². The predicted molar refractivity (Wildman–Crippen MR) is 78.8 cm³/mol. The molecule has 2 rings (SSSR count). The zero-order valence-corrected chi connectivity index (χ0v) is 12.8. The number of rotatable bonds is 4. The number of hydrogen-bond donors (Lipinski definition) is 1. The Morgan fingerprint density at radius 3 is 2.40 bits per heavy atom. The lowest BCUT2D eigenvalue weighted by atomic mass is 10.1. The molecule has 0 spiro atoms. The Bertz CT molecular complexity index is 456. The molecule has 3 nitrogen and oxygen atoms in total. The molecule has 20 heavy (non-hydrogen) atoms. The monoisotopic (exact) mass is 281 g/mol. The van der Waals surface area contributed by atoms with Gasteiger partial charge in [-0.15, -0.1) is 0 Å². The van der Waals surface area contributed by atoms with Crippen molar-refractivity contribution in [3.8, 4) is 5.75 Å². The van der Waals surface area contributed by atoms with E-state index in [1.165, 1.54) is 19.5 Å². The van der Waals surface area contributed by atoms with Crippen LogP contribution in [0.5, 0.6) is 5.75 Å². The molecule has 1 fully saturated rings. The summed E-state index contributed by atoms with van der Waals surface area (Å²) in [6.07, 6.45) is 4.25. The average molecular weight is 281 g/mol. The fourth-order valence-electron chi connectivity index (χ4n) is 1.66. The van der Waals surface area contributed by atoms with Gasteiger partial charge in [-0.3, -0.25) is 4.79 Å². The Morgan fingerprint density at radius 1 is 1.35 bits per heavy atom. The summed E-state index contributed by atoms with van der Waals surface area (Å²) < 4.78 is 19.4. The van der Waals surface area contributed by atoms with Gasteiger partial charge in [0, 0.05) is 13.1 Å². The molecule has 0 aromatic heterocycles. The molecule has 1 aliphatic carbocycles. The summed E-state index contributed by atoms with van der Waals surface area (Å²) in [5.41, 5.74) is 0.949. The van der Waals surface area contributed by atoms with Crippen molar-refractivity contribution in [3.63, 3.8) is 0 Å². The Morgan fingerprint density at radius 2 is 1.95 bits per heavy atom. The van der Waals surface area contributed by atoms with Crippen molar-refractivity contribution in [1.82, 2.24) is 5.32 Å². The van der Waals surface area contributed by atoms with Gasteiger partial charge >= 0.3 is 0 Å². The number of carbonyl (C=O) groups excluding carboxylic acids is 1. The smallest absolute Gasteiger partial charge is 0.254 e. The summed E-state index contributed by atoms with van der Waals surface area (Å²) in [6.45, 7) is 6.21. The van der Waals surface area contributed by atoms with Gasteiger partial charge in [0.1, 0.15) is 11.6 Å². The quantitative estimate of drug-likeness (QED) is 0.913. The molecule has 0 saturated heterocycles. The van der Waals surface area contributed by atoms with Crippen LogP contribution in [0, 0.1) is 5.82 Å². The minimum absolute atomic E-state index is 0.0764. The number of ether oxygens (including phenoxy) is 1. The zero-order chi connectivity index (χ0) is 15.1. The maximum absolute atomic E-state index is 13.7. The van der Waals surface area contributed by atoms with E-state index < -0.39 is 11.7 Å². The van der Waals surface area contributed by atoms with E-state index in [2.05, 4.69) is 19.2 Å². The SMILES string of the molecule is CCC.CCc1cc(C(=O)NC)c(F)cc1OC1CC1. The molecular formula is C16H24FNO2. The summed E-state index contributed by atoms with van der Waals surface area (Å²) in [5, 5.41) is 2.43. The molecule has 112 valence electrons. The lowest BCUT2D eigenvalue weighted by Crippen LogP contribution is -2.19. The third kappa shape index (κ3) is 4.51. The van der Waals surface area contributed by atoms with Gasteiger partial charge in [0.2, 0.25) is 0 Å². The van der Waals surface area contributed by atoms with Crippen molar-refractivity contribution in [3.05, 3.63) is 29.1 Å². The average Bonchev–Trinajstić information content (AvgIpc) is 3.23. The Kier molecular flexibility index (Phi) is 6.49. The van der Waals surface area contributed by atoms with Gasteiger partial charge in [-0.05, 0) is 30.9 Å². The molecule has 1 aromatic carbocycles. The maximum Gasteiger partial charge on any atom is 0.254 e. The van der Waals surface area contributed by atoms with Crippen LogP contribution in [0.15, 0.2) is 12.1 Å². The van der Waals surface area contributed by atoms with Crippen LogP contribution in [0.4, 0.5) is 4.39 Å². The van der Waals surface area contributed by atoms with Gasteiger partial charge in [-0.1, -0.05) is 27.2 Å². The van der Waals surface area contributed by atoms with Crippen LogP contribution in [0.1, 0.15) is 56.0 Å². The van der Waals surface area contributed by atoms with Crippen LogP contribution >= 0.6 is 0 Å². The van der Waals surface area contributed by atoms with Crippen molar-refractivity contribution < 1.29 is 13.9 Å². The lowest BCUT2D eigenvalue weighted by molar-refractivity contribution is 0.0959. The number of nitrogens with one attached hydrogen (secondary N) is 1. The van der Waals surface area contributed by atoms with Crippen LogP contribution in [-0.4, -0.2) is 19.1 Å². The van der Waals surface area contributed by atoms with Crippen molar-refractivity contribution in [1.29, 1.82) is 0 Å². The second-order valence-electron chi connectivity index (χ2n) is 4.90. The first-order valence-corrected chi connectivity index (χ1v) is 7.28. The number of carbonyl (C=O) groups is 1. The van der Waals surface area contributed by atoms with Crippen LogP contribution in [0.2, 0.25) is 0 Å². The Balaban J connectivity index is 0.000000612. The number of hydrogen-bond acceptors (Lipinski definition) is 2. The van der Waals surface area contributed by atoms with Gasteiger partial charge in [-0.25, -0.2) is 4.39 Å². The van der Waals surface area contributed by atoms with Gasteiger partial charge in [0.15, 0.2) is 0 Å². The van der Waals surface area contributed by atoms with E-state index >= 15 is 0 Å². The van der Waals surface area contributed by atoms with Gasteiger partial charge < -0.3 is 10.1 Å². The van der Waals surface area contributed by atoms with E-state index in [1.54, 1.807) is 6.07 Å². The third-order valence-corrected chi connectivity index (χ3v) is 2.82. The third-order valence-electron chi connectivity index (χ3n) is 2.82. The first kappa shape index (κ1) is 16.5. The van der Waals surface area contributed by atoms with Crippen molar-refractivity contribution in [2.75, 3.05) is 7.05 Å². The lowest BCUT2D eigenvalue weighted by Gasteiger charge is -2.12. The fraction of sp³-hybridized carbons (Fsp3) is 0.562. The molecule has 0 aliphatic heterocycles. The number of amides is 1. The first-order valence-electron chi connectivity index (χ1n) is 7.28. The van der Waals surface area contributed by atoms with E-state index in [1.807, 2.05) is 6.92 Å². The highest BCUT2D eigenvalue weighted by atomic mass is 19.1. The zero-order valence-electron chi connectivity index (χ0n) is 12.8. The normalized spacial score (nSPS) is 13.2. The second kappa shape index (κ2) is 7.88. The molecule has 1 aliphatic rings. The number of halogens is 1.